The summed E-state index contributed by atoms with van der Waals surface area (Å²) >= 11 is 0. The van der Waals surface area contributed by atoms with Crippen molar-refractivity contribution in [2.75, 3.05) is 11.9 Å². The predicted octanol–water partition coefficient (Wildman–Crippen LogP) is 6.42. The van der Waals surface area contributed by atoms with Crippen molar-refractivity contribution in [1.29, 1.82) is 0 Å². The number of pyridine rings is 1. The van der Waals surface area contributed by atoms with Gasteiger partial charge in [0.1, 0.15) is 11.5 Å². The molecule has 0 radical (unpaired) electrons. The average Bonchev–Trinajstić information content (AvgIpc) is 2.75. The molecule has 1 amide bonds. The molecule has 1 aromatic heterocycles. The number of ether oxygens (including phenoxy) is 2. The second kappa shape index (κ2) is 10.5. The molecule has 1 unspecified atom stereocenters. The van der Waals surface area contributed by atoms with E-state index in [0.717, 1.165) is 17.8 Å². The molecular formula is C25H25F3N2O3. The molecular weight excluding hydrogens is 433 g/mol. The van der Waals surface area contributed by atoms with Crippen LogP contribution in [-0.4, -0.2) is 23.6 Å². The van der Waals surface area contributed by atoms with Gasteiger partial charge in [-0.15, -0.1) is 0 Å². The number of aromatic nitrogens is 1. The molecule has 174 valence electrons. The number of nitrogens with zero attached hydrogens (tertiary/aromatic N) is 1. The Balaban J connectivity index is 1.61. The van der Waals surface area contributed by atoms with Crippen molar-refractivity contribution in [3.8, 4) is 11.5 Å². The van der Waals surface area contributed by atoms with Crippen LogP contribution in [0.15, 0.2) is 60.7 Å². The number of carbonyl (C=O) groups is 1. The van der Waals surface area contributed by atoms with E-state index in [4.69, 9.17) is 9.47 Å². The van der Waals surface area contributed by atoms with Gasteiger partial charge in [0.2, 0.25) is 0 Å². The van der Waals surface area contributed by atoms with Gasteiger partial charge in [0.05, 0.1) is 22.9 Å². The summed E-state index contributed by atoms with van der Waals surface area (Å²) in [4.78, 5) is 17.2. The first kappa shape index (κ1) is 24.3. The van der Waals surface area contributed by atoms with Gasteiger partial charge in [0.15, 0.2) is 0 Å². The van der Waals surface area contributed by atoms with Crippen molar-refractivity contribution in [3.63, 3.8) is 0 Å². The highest BCUT2D eigenvalue weighted by atomic mass is 19.4. The molecule has 33 heavy (non-hydrogen) atoms. The molecule has 8 heteroatoms. The number of hydrogen-bond donors (Lipinski definition) is 1. The van der Waals surface area contributed by atoms with Gasteiger partial charge in [-0.05, 0) is 81.4 Å². The maximum Gasteiger partial charge on any atom is 0.416 e. The normalized spacial score (nSPS) is 12.3. The molecule has 0 fully saturated rings. The zero-order valence-electron chi connectivity index (χ0n) is 18.6. The highest BCUT2D eigenvalue weighted by molar-refractivity contribution is 6.05. The molecule has 3 rings (SSSR count). The highest BCUT2D eigenvalue weighted by Crippen LogP contribution is 2.31. The summed E-state index contributed by atoms with van der Waals surface area (Å²) < 4.78 is 49.1. The van der Waals surface area contributed by atoms with Crippen LogP contribution < -0.4 is 10.1 Å². The molecule has 1 N–H and O–H groups in total. The van der Waals surface area contributed by atoms with Crippen molar-refractivity contribution >= 4 is 11.6 Å². The number of rotatable bonds is 8. The van der Waals surface area contributed by atoms with Crippen LogP contribution >= 0.6 is 0 Å². The Hall–Kier alpha value is -3.39. The predicted molar refractivity (Wildman–Crippen MR) is 120 cm³/mol. The Morgan fingerprint density at radius 2 is 1.61 bits per heavy atom. The minimum Gasteiger partial charge on any atom is -0.457 e. The Bertz CT molecular complexity index is 1080. The SMILES string of the molecule is CCOC(C)Cc1ccc(C(=O)Nc2ccc(Oc3ccc(C(F)(F)F)cc3)cc2)c(C)n1. The summed E-state index contributed by atoms with van der Waals surface area (Å²) in [5.41, 5.74) is 1.75. The summed E-state index contributed by atoms with van der Waals surface area (Å²) in [5, 5.41) is 2.81. The van der Waals surface area contributed by atoms with E-state index in [1.54, 1.807) is 37.3 Å². The number of carbonyl (C=O) groups excluding carboxylic acids is 1. The van der Waals surface area contributed by atoms with Crippen LogP contribution in [0.3, 0.4) is 0 Å². The van der Waals surface area contributed by atoms with Crippen LogP contribution in [0.1, 0.15) is 41.2 Å². The fourth-order valence-corrected chi connectivity index (χ4v) is 3.26. The molecule has 0 aliphatic heterocycles. The van der Waals surface area contributed by atoms with Crippen molar-refractivity contribution < 1.29 is 27.4 Å². The smallest absolute Gasteiger partial charge is 0.416 e. The summed E-state index contributed by atoms with van der Waals surface area (Å²) in [6.45, 7) is 6.33. The van der Waals surface area contributed by atoms with E-state index in [2.05, 4.69) is 10.3 Å². The molecule has 1 atom stereocenters. The minimum atomic E-state index is -4.39. The van der Waals surface area contributed by atoms with Crippen LogP contribution in [0.2, 0.25) is 0 Å². The molecule has 0 saturated carbocycles. The van der Waals surface area contributed by atoms with E-state index in [0.29, 0.717) is 35.7 Å². The van der Waals surface area contributed by atoms with Crippen molar-refractivity contribution in [2.45, 2.75) is 39.5 Å². The number of benzene rings is 2. The number of amides is 1. The first-order valence-electron chi connectivity index (χ1n) is 10.5. The van der Waals surface area contributed by atoms with Gasteiger partial charge >= 0.3 is 6.18 Å². The molecule has 0 saturated heterocycles. The Kier molecular flexibility index (Phi) is 7.71. The third kappa shape index (κ3) is 6.79. The molecule has 0 aliphatic rings. The zero-order valence-corrected chi connectivity index (χ0v) is 18.6. The van der Waals surface area contributed by atoms with Crippen molar-refractivity contribution in [3.05, 3.63) is 83.2 Å². The lowest BCUT2D eigenvalue weighted by Crippen LogP contribution is -2.16. The lowest BCUT2D eigenvalue weighted by atomic mass is 10.1. The van der Waals surface area contributed by atoms with Crippen LogP contribution in [0.5, 0.6) is 11.5 Å². The van der Waals surface area contributed by atoms with Crippen LogP contribution in [0, 0.1) is 6.92 Å². The molecule has 0 aliphatic carbocycles. The lowest BCUT2D eigenvalue weighted by Gasteiger charge is -2.13. The highest BCUT2D eigenvalue weighted by Gasteiger charge is 2.30. The molecule has 2 aromatic carbocycles. The third-order valence-corrected chi connectivity index (χ3v) is 4.87. The summed E-state index contributed by atoms with van der Waals surface area (Å²) in [6.07, 6.45) is -3.68. The number of alkyl halides is 3. The molecule has 3 aromatic rings. The van der Waals surface area contributed by atoms with E-state index in [1.807, 2.05) is 19.9 Å². The monoisotopic (exact) mass is 458 g/mol. The van der Waals surface area contributed by atoms with Crippen molar-refractivity contribution in [2.24, 2.45) is 0 Å². The molecule has 5 nitrogen and oxygen atoms in total. The van der Waals surface area contributed by atoms with E-state index < -0.39 is 11.7 Å². The maximum absolute atomic E-state index is 12.7. The number of halogens is 3. The summed E-state index contributed by atoms with van der Waals surface area (Å²) in [7, 11) is 0. The fourth-order valence-electron chi connectivity index (χ4n) is 3.26. The molecule has 0 spiro atoms. The van der Waals surface area contributed by atoms with Gasteiger partial charge < -0.3 is 14.8 Å². The van der Waals surface area contributed by atoms with Gasteiger partial charge in [0.25, 0.3) is 5.91 Å². The Morgan fingerprint density at radius 3 is 2.15 bits per heavy atom. The maximum atomic E-state index is 12.7. The van der Waals surface area contributed by atoms with Crippen LogP contribution in [0.25, 0.3) is 0 Å². The van der Waals surface area contributed by atoms with E-state index in [1.165, 1.54) is 12.1 Å². The van der Waals surface area contributed by atoms with Gasteiger partial charge in [-0.3, -0.25) is 9.78 Å². The quantitative estimate of drug-likeness (QED) is 0.423. The zero-order chi connectivity index (χ0) is 24.0. The summed E-state index contributed by atoms with van der Waals surface area (Å²) in [6, 6.07) is 14.5. The summed E-state index contributed by atoms with van der Waals surface area (Å²) in [5.74, 6) is 0.416. The van der Waals surface area contributed by atoms with Crippen LogP contribution in [0.4, 0.5) is 18.9 Å². The van der Waals surface area contributed by atoms with Crippen molar-refractivity contribution in [1.82, 2.24) is 4.98 Å². The number of hydrogen-bond acceptors (Lipinski definition) is 4. The topological polar surface area (TPSA) is 60.5 Å². The fraction of sp³-hybridized carbons (Fsp3) is 0.280. The van der Waals surface area contributed by atoms with Gasteiger partial charge in [-0.1, -0.05) is 0 Å². The van der Waals surface area contributed by atoms with Crippen LogP contribution in [-0.2, 0) is 17.3 Å². The second-order valence-corrected chi connectivity index (χ2v) is 7.51. The standard InChI is InChI=1S/C25H25F3N2O3/c1-4-32-16(2)15-20-9-14-23(17(3)29-20)24(31)30-19-7-12-22(13-8-19)33-21-10-5-18(6-11-21)25(26,27)28/h5-14,16H,4,15H2,1-3H3,(H,30,31). The largest absolute Gasteiger partial charge is 0.457 e. The Labute approximate surface area is 190 Å². The average molecular weight is 458 g/mol. The molecule has 1 heterocycles. The first-order chi connectivity index (χ1) is 15.7. The Morgan fingerprint density at radius 1 is 1.00 bits per heavy atom. The van der Waals surface area contributed by atoms with E-state index in [9.17, 15) is 18.0 Å². The number of nitrogens with one attached hydrogen (secondary N) is 1. The molecule has 0 bridgehead atoms. The van der Waals surface area contributed by atoms with E-state index in [-0.39, 0.29) is 17.8 Å². The van der Waals surface area contributed by atoms with Gasteiger partial charge in [-0.25, -0.2) is 0 Å². The first-order valence-corrected chi connectivity index (χ1v) is 10.5. The number of aryl methyl sites for hydroxylation is 1. The van der Waals surface area contributed by atoms with E-state index >= 15 is 0 Å². The van der Waals surface area contributed by atoms with Gasteiger partial charge in [0, 0.05) is 24.4 Å². The minimum absolute atomic E-state index is 0.0462. The van der Waals surface area contributed by atoms with Gasteiger partial charge in [-0.2, -0.15) is 13.2 Å². The lowest BCUT2D eigenvalue weighted by molar-refractivity contribution is -0.137. The number of anilines is 1. The third-order valence-electron chi connectivity index (χ3n) is 4.87. The second-order valence-electron chi connectivity index (χ2n) is 7.51.